The monoisotopic (exact) mass is 526 g/mol. The molecule has 1 aliphatic rings. The number of ether oxygens (including phenoxy) is 2. The number of halogens is 2. The average Bonchev–Trinajstić information content (AvgIpc) is 3.24. The summed E-state index contributed by atoms with van der Waals surface area (Å²) in [5.74, 6) is -0.689. The molecule has 0 bridgehead atoms. The van der Waals surface area contributed by atoms with E-state index in [-0.39, 0.29) is 18.9 Å². The minimum Gasteiger partial charge on any atom is -0.457 e. The zero-order chi connectivity index (χ0) is 25.8. The van der Waals surface area contributed by atoms with E-state index in [2.05, 4.69) is 5.32 Å². The highest BCUT2D eigenvalue weighted by Crippen LogP contribution is 2.30. The van der Waals surface area contributed by atoms with Crippen LogP contribution < -0.4 is 15.0 Å². The van der Waals surface area contributed by atoms with Crippen molar-refractivity contribution in [2.24, 2.45) is 5.92 Å². The topological polar surface area (TPSA) is 84.9 Å². The highest BCUT2D eigenvalue weighted by atomic mass is 35.5. The number of nitrogens with zero attached hydrogens (tertiary/aromatic N) is 1. The summed E-state index contributed by atoms with van der Waals surface area (Å²) in [5, 5.41) is 3.26. The van der Waals surface area contributed by atoms with Crippen LogP contribution in [0.1, 0.15) is 17.5 Å². The van der Waals surface area contributed by atoms with E-state index in [1.54, 1.807) is 36.4 Å². The minimum atomic E-state index is -0.675. The molecule has 9 heteroatoms. The molecule has 0 spiro atoms. The standard InChI is InChI=1S/C27H24Cl2N2O5/c1-16-3-7-22(11-17(16)2)36-21-8-5-20(6-9-21)31-14-18(12-26(31)33)27(34)35-15-25(32)30-24-13-19(28)4-10-23(24)29/h3-11,13,18H,12,14-15H2,1-2H3,(H,30,32)/t18-/m0/s1. The summed E-state index contributed by atoms with van der Waals surface area (Å²) in [4.78, 5) is 38.8. The molecule has 186 valence electrons. The summed E-state index contributed by atoms with van der Waals surface area (Å²) in [7, 11) is 0. The molecule has 0 unspecified atom stereocenters. The van der Waals surface area contributed by atoms with Crippen molar-refractivity contribution < 1.29 is 23.9 Å². The Morgan fingerprint density at radius 1 is 0.972 bits per heavy atom. The van der Waals surface area contributed by atoms with E-state index in [1.807, 2.05) is 32.0 Å². The first kappa shape index (κ1) is 25.5. The van der Waals surface area contributed by atoms with Gasteiger partial charge in [0, 0.05) is 23.7 Å². The Labute approximate surface area is 218 Å². The van der Waals surface area contributed by atoms with Gasteiger partial charge in [0.05, 0.1) is 16.6 Å². The first-order valence-corrected chi connectivity index (χ1v) is 12.0. The molecular weight excluding hydrogens is 503 g/mol. The van der Waals surface area contributed by atoms with E-state index >= 15 is 0 Å². The van der Waals surface area contributed by atoms with Crippen LogP contribution in [0, 0.1) is 19.8 Å². The van der Waals surface area contributed by atoms with Crippen molar-refractivity contribution in [2.75, 3.05) is 23.4 Å². The third-order valence-corrected chi connectivity index (χ3v) is 6.43. The van der Waals surface area contributed by atoms with Gasteiger partial charge in [-0.2, -0.15) is 0 Å². The molecule has 1 aliphatic heterocycles. The fourth-order valence-corrected chi connectivity index (χ4v) is 4.09. The number of rotatable bonds is 7. The van der Waals surface area contributed by atoms with E-state index < -0.39 is 24.4 Å². The average molecular weight is 527 g/mol. The van der Waals surface area contributed by atoms with Gasteiger partial charge in [-0.1, -0.05) is 29.3 Å². The van der Waals surface area contributed by atoms with E-state index in [1.165, 1.54) is 16.5 Å². The van der Waals surface area contributed by atoms with Gasteiger partial charge in [0.25, 0.3) is 5.91 Å². The molecule has 1 N–H and O–H groups in total. The Morgan fingerprint density at radius 2 is 1.69 bits per heavy atom. The zero-order valence-corrected chi connectivity index (χ0v) is 21.2. The minimum absolute atomic E-state index is 0.00146. The summed E-state index contributed by atoms with van der Waals surface area (Å²) >= 11 is 11.9. The predicted octanol–water partition coefficient (Wildman–Crippen LogP) is 5.94. The van der Waals surface area contributed by atoms with E-state index in [4.69, 9.17) is 32.7 Å². The predicted molar refractivity (Wildman–Crippen MR) is 139 cm³/mol. The number of nitrogens with one attached hydrogen (secondary N) is 1. The van der Waals surface area contributed by atoms with Crippen LogP contribution in [0.3, 0.4) is 0 Å². The number of hydrogen-bond acceptors (Lipinski definition) is 5. The molecular formula is C27H24Cl2N2O5. The van der Waals surface area contributed by atoms with Gasteiger partial charge in [-0.05, 0) is 79.6 Å². The lowest BCUT2D eigenvalue weighted by Crippen LogP contribution is -2.28. The fourth-order valence-electron chi connectivity index (χ4n) is 3.76. The second-order valence-electron chi connectivity index (χ2n) is 8.53. The van der Waals surface area contributed by atoms with Gasteiger partial charge in [-0.15, -0.1) is 0 Å². The molecule has 3 aromatic rings. The maximum atomic E-state index is 12.6. The summed E-state index contributed by atoms with van der Waals surface area (Å²) in [6.45, 7) is 3.72. The van der Waals surface area contributed by atoms with Crippen molar-refractivity contribution in [3.05, 3.63) is 81.8 Å². The van der Waals surface area contributed by atoms with Crippen molar-refractivity contribution in [3.63, 3.8) is 0 Å². The maximum Gasteiger partial charge on any atom is 0.311 e. The summed E-state index contributed by atoms with van der Waals surface area (Å²) < 4.78 is 11.0. The molecule has 7 nitrogen and oxygen atoms in total. The third kappa shape index (κ3) is 6.17. The summed E-state index contributed by atoms with van der Waals surface area (Å²) in [6, 6.07) is 17.6. The van der Waals surface area contributed by atoms with Gasteiger partial charge in [-0.25, -0.2) is 0 Å². The number of benzene rings is 3. The molecule has 3 aromatic carbocycles. The van der Waals surface area contributed by atoms with Crippen LogP contribution in [0.4, 0.5) is 11.4 Å². The molecule has 2 amide bonds. The SMILES string of the molecule is Cc1ccc(Oc2ccc(N3C[C@@H](C(=O)OCC(=O)Nc4cc(Cl)ccc4Cl)CC3=O)cc2)cc1C. The summed E-state index contributed by atoms with van der Waals surface area (Å²) in [5.41, 5.74) is 3.29. The largest absolute Gasteiger partial charge is 0.457 e. The number of anilines is 2. The highest BCUT2D eigenvalue weighted by molar-refractivity contribution is 6.35. The number of carbonyl (C=O) groups is 3. The molecule has 1 saturated heterocycles. The van der Waals surface area contributed by atoms with Gasteiger partial charge >= 0.3 is 5.97 Å². The first-order valence-electron chi connectivity index (χ1n) is 11.3. The van der Waals surface area contributed by atoms with Gasteiger partial charge < -0.3 is 19.7 Å². The first-order chi connectivity index (χ1) is 17.2. The highest BCUT2D eigenvalue weighted by Gasteiger charge is 2.36. The van der Waals surface area contributed by atoms with Gasteiger partial charge in [0.2, 0.25) is 5.91 Å². The fraction of sp³-hybridized carbons (Fsp3) is 0.222. The number of carbonyl (C=O) groups excluding carboxylic acids is 3. The maximum absolute atomic E-state index is 12.6. The van der Waals surface area contributed by atoms with Crippen LogP contribution in [0.15, 0.2) is 60.7 Å². The van der Waals surface area contributed by atoms with Crippen molar-refractivity contribution in [1.82, 2.24) is 0 Å². The third-order valence-electron chi connectivity index (χ3n) is 5.87. The second kappa shape index (κ2) is 11.0. The van der Waals surface area contributed by atoms with Crippen molar-refractivity contribution in [3.8, 4) is 11.5 Å². The van der Waals surface area contributed by atoms with Crippen molar-refractivity contribution in [1.29, 1.82) is 0 Å². The number of esters is 1. The van der Waals surface area contributed by atoms with Crippen molar-refractivity contribution in [2.45, 2.75) is 20.3 Å². The molecule has 36 heavy (non-hydrogen) atoms. The smallest absolute Gasteiger partial charge is 0.311 e. The molecule has 0 aromatic heterocycles. The van der Waals surface area contributed by atoms with E-state index in [9.17, 15) is 14.4 Å². The number of amides is 2. The molecule has 0 saturated carbocycles. The Balaban J connectivity index is 1.30. The Bertz CT molecular complexity index is 1310. The lowest BCUT2D eigenvalue weighted by Gasteiger charge is -2.17. The summed E-state index contributed by atoms with van der Waals surface area (Å²) in [6.07, 6.45) is 0.00146. The Kier molecular flexibility index (Phi) is 7.82. The van der Waals surface area contributed by atoms with Crippen LogP contribution in [0.2, 0.25) is 10.0 Å². The van der Waals surface area contributed by atoms with E-state index in [0.29, 0.717) is 27.2 Å². The molecule has 4 rings (SSSR count). The van der Waals surface area contributed by atoms with Gasteiger partial charge in [0.1, 0.15) is 11.5 Å². The van der Waals surface area contributed by atoms with Crippen LogP contribution in [0.5, 0.6) is 11.5 Å². The molecule has 1 fully saturated rings. The lowest BCUT2D eigenvalue weighted by molar-refractivity contribution is -0.151. The Hall–Kier alpha value is -3.55. The number of hydrogen-bond donors (Lipinski definition) is 1. The van der Waals surface area contributed by atoms with Gasteiger partial charge in [-0.3, -0.25) is 14.4 Å². The lowest BCUT2D eigenvalue weighted by atomic mass is 10.1. The van der Waals surface area contributed by atoms with Gasteiger partial charge in [0.15, 0.2) is 6.61 Å². The Morgan fingerprint density at radius 3 is 2.42 bits per heavy atom. The molecule has 1 heterocycles. The normalized spacial score (nSPS) is 15.1. The quantitative estimate of drug-likeness (QED) is 0.385. The number of aryl methyl sites for hydroxylation is 2. The van der Waals surface area contributed by atoms with Crippen LogP contribution in [-0.2, 0) is 19.1 Å². The van der Waals surface area contributed by atoms with Crippen LogP contribution >= 0.6 is 23.2 Å². The zero-order valence-electron chi connectivity index (χ0n) is 19.7. The molecule has 0 aliphatic carbocycles. The molecule has 1 atom stereocenters. The van der Waals surface area contributed by atoms with Crippen LogP contribution in [0.25, 0.3) is 0 Å². The van der Waals surface area contributed by atoms with Crippen LogP contribution in [-0.4, -0.2) is 30.9 Å². The van der Waals surface area contributed by atoms with Crippen molar-refractivity contribution >= 4 is 52.4 Å². The molecule has 0 radical (unpaired) electrons. The van der Waals surface area contributed by atoms with E-state index in [0.717, 1.165) is 11.3 Å². The second-order valence-corrected chi connectivity index (χ2v) is 9.37.